The van der Waals surface area contributed by atoms with Gasteiger partial charge in [-0.05, 0) is 48.2 Å². The summed E-state index contributed by atoms with van der Waals surface area (Å²) in [5.74, 6) is -0.208. The Kier molecular flexibility index (Phi) is 2.52. The van der Waals surface area contributed by atoms with Crippen molar-refractivity contribution in [3.05, 3.63) is 47.5 Å². The number of aliphatic hydroxyl groups is 1. The molecule has 0 saturated carbocycles. The van der Waals surface area contributed by atoms with Crippen molar-refractivity contribution in [2.45, 2.75) is 23.6 Å². The average Bonchev–Trinajstić information content (AvgIpc) is 2.60. The van der Waals surface area contributed by atoms with Crippen LogP contribution in [0.4, 0.5) is 0 Å². The summed E-state index contributed by atoms with van der Waals surface area (Å²) in [7, 11) is -2.25. The van der Waals surface area contributed by atoms with Crippen molar-refractivity contribution in [3.8, 4) is 11.1 Å². The second-order valence-electron chi connectivity index (χ2n) is 4.83. The second-order valence-corrected chi connectivity index (χ2v) is 7.37. The Labute approximate surface area is 108 Å². The number of aryl methyl sites for hydroxylation is 2. The Morgan fingerprint density at radius 2 is 1.33 bits per heavy atom. The lowest BCUT2D eigenvalue weighted by atomic mass is 10.0. The average molecular weight is 260 g/mol. The lowest BCUT2D eigenvalue weighted by molar-refractivity contribution is 0.358. The number of hydrogen-bond donors (Lipinski definition) is 2. The Morgan fingerprint density at radius 1 is 0.889 bits per heavy atom. The normalized spacial score (nSPS) is 17.1. The van der Waals surface area contributed by atoms with Gasteiger partial charge in [0.25, 0.3) is 0 Å². The molecular formula is C15H16O2S. The summed E-state index contributed by atoms with van der Waals surface area (Å²) in [5, 5.41) is 9.69. The first-order valence-corrected chi connectivity index (χ1v) is 7.68. The van der Waals surface area contributed by atoms with Crippen LogP contribution in [0.3, 0.4) is 0 Å². The molecule has 3 rings (SSSR count). The molecule has 2 N–H and O–H groups in total. The molecule has 1 aliphatic heterocycles. The van der Waals surface area contributed by atoms with Gasteiger partial charge in [0.2, 0.25) is 0 Å². The molecule has 0 fully saturated rings. The van der Waals surface area contributed by atoms with Gasteiger partial charge in [-0.3, -0.25) is 0 Å². The standard InChI is InChI=1S/C15H16O2S/c1-10-3-5-12-13-6-4-11(2)8-15(13)18(17,9-16)14(12)7-10/h3-8,16-17H,9H2,1-2H3. The lowest BCUT2D eigenvalue weighted by Crippen LogP contribution is -2.02. The molecule has 0 unspecified atom stereocenters. The summed E-state index contributed by atoms with van der Waals surface area (Å²) in [6.45, 7) is 4.01. The molecule has 0 amide bonds. The van der Waals surface area contributed by atoms with Gasteiger partial charge in [-0.25, -0.2) is 0 Å². The van der Waals surface area contributed by atoms with Gasteiger partial charge >= 0.3 is 0 Å². The zero-order chi connectivity index (χ0) is 12.9. The summed E-state index contributed by atoms with van der Waals surface area (Å²) in [5.41, 5.74) is 4.33. The lowest BCUT2D eigenvalue weighted by Gasteiger charge is -2.29. The topological polar surface area (TPSA) is 40.5 Å². The molecule has 0 bridgehead atoms. The van der Waals surface area contributed by atoms with Crippen molar-refractivity contribution in [2.24, 2.45) is 0 Å². The summed E-state index contributed by atoms with van der Waals surface area (Å²) in [6.07, 6.45) is 0. The van der Waals surface area contributed by atoms with E-state index >= 15 is 0 Å². The zero-order valence-corrected chi connectivity index (χ0v) is 11.3. The summed E-state index contributed by atoms with van der Waals surface area (Å²) in [6, 6.07) is 12.2. The van der Waals surface area contributed by atoms with Gasteiger partial charge in [0, 0.05) is 9.79 Å². The minimum atomic E-state index is -2.25. The number of benzene rings is 2. The highest BCUT2D eigenvalue weighted by atomic mass is 32.3. The van der Waals surface area contributed by atoms with E-state index in [-0.39, 0.29) is 5.94 Å². The van der Waals surface area contributed by atoms with Gasteiger partial charge in [-0.1, -0.05) is 34.6 Å². The maximum atomic E-state index is 10.9. The van der Waals surface area contributed by atoms with Crippen molar-refractivity contribution >= 4 is 10.3 Å². The van der Waals surface area contributed by atoms with Crippen molar-refractivity contribution in [3.63, 3.8) is 0 Å². The molecule has 0 aromatic heterocycles. The second kappa shape index (κ2) is 3.85. The fourth-order valence-electron chi connectivity index (χ4n) is 2.52. The Balaban J connectivity index is 2.37. The van der Waals surface area contributed by atoms with E-state index in [1.807, 2.05) is 50.2 Å². The van der Waals surface area contributed by atoms with Crippen LogP contribution in [-0.4, -0.2) is 15.6 Å². The first-order valence-electron chi connectivity index (χ1n) is 5.92. The fourth-order valence-corrected chi connectivity index (χ4v) is 4.88. The highest BCUT2D eigenvalue weighted by Crippen LogP contribution is 2.68. The maximum absolute atomic E-state index is 10.9. The van der Waals surface area contributed by atoms with E-state index in [2.05, 4.69) is 0 Å². The Bertz CT molecular complexity index is 583. The van der Waals surface area contributed by atoms with Crippen molar-refractivity contribution in [1.29, 1.82) is 0 Å². The van der Waals surface area contributed by atoms with Crippen LogP contribution in [0.2, 0.25) is 0 Å². The van der Waals surface area contributed by atoms with Gasteiger partial charge in [0.1, 0.15) is 5.94 Å². The largest absolute Gasteiger partial charge is 0.384 e. The molecule has 0 spiro atoms. The third-order valence-corrected chi connectivity index (χ3v) is 5.98. The SMILES string of the molecule is Cc1ccc2c(c1)S(O)(CO)c1cc(C)ccc1-2. The van der Waals surface area contributed by atoms with Gasteiger partial charge in [0.05, 0.1) is 0 Å². The Morgan fingerprint density at radius 3 is 1.72 bits per heavy atom. The molecule has 1 heterocycles. The summed E-state index contributed by atoms with van der Waals surface area (Å²) >= 11 is 0. The molecule has 3 heteroatoms. The first-order chi connectivity index (χ1) is 8.56. The molecule has 2 nitrogen and oxygen atoms in total. The molecular weight excluding hydrogens is 244 g/mol. The quantitative estimate of drug-likeness (QED) is 0.815. The van der Waals surface area contributed by atoms with Crippen LogP contribution in [0.25, 0.3) is 11.1 Å². The van der Waals surface area contributed by atoms with Crippen LogP contribution >= 0.6 is 10.3 Å². The number of aliphatic hydroxyl groups excluding tert-OH is 1. The molecule has 18 heavy (non-hydrogen) atoms. The van der Waals surface area contributed by atoms with Crippen LogP contribution in [-0.2, 0) is 0 Å². The zero-order valence-electron chi connectivity index (χ0n) is 10.5. The Hall–Kier alpha value is -1.29. The minimum Gasteiger partial charge on any atom is -0.384 e. The molecule has 2 aromatic rings. The van der Waals surface area contributed by atoms with Gasteiger partial charge in [-0.15, -0.1) is 0 Å². The molecule has 2 aromatic carbocycles. The van der Waals surface area contributed by atoms with Gasteiger partial charge in [-0.2, -0.15) is 0 Å². The highest BCUT2D eigenvalue weighted by molar-refractivity contribution is 8.29. The minimum absolute atomic E-state index is 0.208. The predicted octanol–water partition coefficient (Wildman–Crippen LogP) is 3.93. The number of rotatable bonds is 1. The van der Waals surface area contributed by atoms with E-state index in [1.165, 1.54) is 0 Å². The highest BCUT2D eigenvalue weighted by Gasteiger charge is 2.36. The first kappa shape index (κ1) is 11.8. The number of fused-ring (bicyclic) bond motifs is 3. The maximum Gasteiger partial charge on any atom is 0.102 e. The van der Waals surface area contributed by atoms with Gasteiger partial charge < -0.3 is 9.66 Å². The monoisotopic (exact) mass is 260 g/mol. The summed E-state index contributed by atoms with van der Waals surface area (Å²) < 4.78 is 10.9. The predicted molar refractivity (Wildman–Crippen MR) is 75.2 cm³/mol. The van der Waals surface area contributed by atoms with Crippen molar-refractivity contribution in [1.82, 2.24) is 0 Å². The number of hydrogen-bond acceptors (Lipinski definition) is 2. The molecule has 1 aliphatic rings. The van der Waals surface area contributed by atoms with E-state index in [4.69, 9.17) is 0 Å². The molecule has 0 saturated heterocycles. The third-order valence-electron chi connectivity index (χ3n) is 3.48. The van der Waals surface area contributed by atoms with Crippen molar-refractivity contribution < 1.29 is 9.66 Å². The van der Waals surface area contributed by atoms with E-state index in [0.29, 0.717) is 0 Å². The molecule has 94 valence electrons. The molecule has 0 aliphatic carbocycles. The van der Waals surface area contributed by atoms with Crippen LogP contribution in [0.5, 0.6) is 0 Å². The van der Waals surface area contributed by atoms with E-state index in [0.717, 1.165) is 32.0 Å². The van der Waals surface area contributed by atoms with Crippen LogP contribution in [0.1, 0.15) is 11.1 Å². The van der Waals surface area contributed by atoms with Crippen LogP contribution < -0.4 is 0 Å². The summed E-state index contributed by atoms with van der Waals surface area (Å²) in [4.78, 5) is 1.79. The van der Waals surface area contributed by atoms with E-state index in [1.54, 1.807) is 0 Å². The molecule has 0 atom stereocenters. The van der Waals surface area contributed by atoms with Crippen molar-refractivity contribution in [2.75, 3.05) is 5.94 Å². The van der Waals surface area contributed by atoms with Crippen LogP contribution in [0.15, 0.2) is 46.2 Å². The third kappa shape index (κ3) is 1.45. The fraction of sp³-hybridized carbons (Fsp3) is 0.200. The van der Waals surface area contributed by atoms with E-state index in [9.17, 15) is 9.66 Å². The van der Waals surface area contributed by atoms with Gasteiger partial charge in [0.15, 0.2) is 0 Å². The van der Waals surface area contributed by atoms with E-state index < -0.39 is 10.3 Å². The van der Waals surface area contributed by atoms with Crippen LogP contribution in [0, 0.1) is 13.8 Å². The smallest absolute Gasteiger partial charge is 0.102 e. The molecule has 0 radical (unpaired) electrons.